The zero-order valence-electron chi connectivity index (χ0n) is 11.3. The summed E-state index contributed by atoms with van der Waals surface area (Å²) >= 11 is 0. The molecular formula is C14H25N3. The smallest absolute Gasteiger partial charge is 0.0948 e. The molecule has 2 unspecified atom stereocenters. The van der Waals surface area contributed by atoms with Crippen LogP contribution in [-0.4, -0.2) is 15.6 Å². The minimum atomic E-state index is 0.531. The third kappa shape index (κ3) is 3.32. The lowest BCUT2D eigenvalue weighted by molar-refractivity contribution is 0.357. The van der Waals surface area contributed by atoms with Crippen LogP contribution in [0.15, 0.2) is 12.5 Å². The Morgan fingerprint density at radius 1 is 1.47 bits per heavy atom. The lowest BCUT2D eigenvalue weighted by atomic mass is 9.98. The highest BCUT2D eigenvalue weighted by atomic mass is 15.1. The van der Waals surface area contributed by atoms with Gasteiger partial charge in [-0.2, -0.15) is 0 Å². The minimum Gasteiger partial charge on any atom is -0.333 e. The van der Waals surface area contributed by atoms with Crippen molar-refractivity contribution < 1.29 is 0 Å². The quantitative estimate of drug-likeness (QED) is 0.850. The van der Waals surface area contributed by atoms with Crippen molar-refractivity contribution in [1.82, 2.24) is 14.9 Å². The van der Waals surface area contributed by atoms with Gasteiger partial charge in [-0.1, -0.05) is 33.6 Å². The highest BCUT2D eigenvalue weighted by Gasteiger charge is 2.23. The zero-order valence-corrected chi connectivity index (χ0v) is 11.3. The van der Waals surface area contributed by atoms with Crippen LogP contribution in [0.5, 0.6) is 0 Å². The Bertz CT molecular complexity index is 343. The van der Waals surface area contributed by atoms with Crippen molar-refractivity contribution in [3.8, 4) is 0 Å². The Kier molecular flexibility index (Phi) is 4.21. The summed E-state index contributed by atoms with van der Waals surface area (Å²) in [6, 6.07) is 0.531. The Morgan fingerprint density at radius 3 is 2.94 bits per heavy atom. The normalized spacial score (nSPS) is 24.7. The summed E-state index contributed by atoms with van der Waals surface area (Å²) in [6.07, 6.45) is 8.17. The van der Waals surface area contributed by atoms with E-state index in [1.54, 1.807) is 0 Å². The Labute approximate surface area is 105 Å². The molecule has 0 amide bonds. The molecule has 1 aromatic heterocycles. The van der Waals surface area contributed by atoms with Crippen molar-refractivity contribution in [3.05, 3.63) is 18.2 Å². The first-order valence-electron chi connectivity index (χ1n) is 6.89. The molecule has 3 nitrogen and oxygen atoms in total. The largest absolute Gasteiger partial charge is 0.333 e. The van der Waals surface area contributed by atoms with Gasteiger partial charge in [0.2, 0.25) is 0 Å². The number of hydrogen-bond donors (Lipinski definition) is 1. The fourth-order valence-electron chi connectivity index (χ4n) is 2.71. The molecule has 0 radical (unpaired) electrons. The van der Waals surface area contributed by atoms with E-state index in [4.69, 9.17) is 0 Å². The molecule has 0 bridgehead atoms. The van der Waals surface area contributed by atoms with Crippen molar-refractivity contribution in [2.24, 2.45) is 11.8 Å². The van der Waals surface area contributed by atoms with Crippen molar-refractivity contribution in [2.75, 3.05) is 0 Å². The molecule has 1 aliphatic carbocycles. The van der Waals surface area contributed by atoms with Crippen LogP contribution >= 0.6 is 0 Å². The van der Waals surface area contributed by atoms with Crippen molar-refractivity contribution in [3.63, 3.8) is 0 Å². The predicted octanol–water partition coefficient (Wildman–Crippen LogP) is 2.82. The van der Waals surface area contributed by atoms with E-state index < -0.39 is 0 Å². The van der Waals surface area contributed by atoms with Crippen LogP contribution in [0.3, 0.4) is 0 Å². The van der Waals surface area contributed by atoms with Gasteiger partial charge in [0.05, 0.1) is 12.0 Å². The third-order valence-electron chi connectivity index (χ3n) is 3.96. The topological polar surface area (TPSA) is 29.9 Å². The standard InChI is InChI=1S/C14H25N3/c1-11(2)16-8-14-7-15-10-17(14)9-13-6-4-5-12(13)3/h7,10-13,16H,4-6,8-9H2,1-3H3. The molecule has 1 N–H and O–H groups in total. The van der Waals surface area contributed by atoms with Crippen LogP contribution in [0.4, 0.5) is 0 Å². The minimum absolute atomic E-state index is 0.531. The number of nitrogens with zero attached hydrogens (tertiary/aromatic N) is 2. The van der Waals surface area contributed by atoms with Gasteiger partial charge in [0, 0.05) is 25.3 Å². The van der Waals surface area contributed by atoms with Crippen LogP contribution in [-0.2, 0) is 13.1 Å². The second-order valence-electron chi connectivity index (χ2n) is 5.74. The van der Waals surface area contributed by atoms with E-state index in [0.29, 0.717) is 6.04 Å². The summed E-state index contributed by atoms with van der Waals surface area (Å²) in [5.74, 6) is 1.73. The van der Waals surface area contributed by atoms with E-state index in [-0.39, 0.29) is 0 Å². The van der Waals surface area contributed by atoms with Gasteiger partial charge in [0.25, 0.3) is 0 Å². The van der Waals surface area contributed by atoms with Crippen molar-refractivity contribution in [1.29, 1.82) is 0 Å². The molecular weight excluding hydrogens is 210 g/mol. The SMILES string of the molecule is CC(C)NCc1cncn1CC1CCCC1C. The number of rotatable bonds is 5. The van der Waals surface area contributed by atoms with Gasteiger partial charge in [-0.15, -0.1) is 0 Å². The lowest BCUT2D eigenvalue weighted by Crippen LogP contribution is -2.24. The Balaban J connectivity index is 1.94. The summed E-state index contributed by atoms with van der Waals surface area (Å²) in [6.45, 7) is 8.83. The summed E-state index contributed by atoms with van der Waals surface area (Å²) in [7, 11) is 0. The van der Waals surface area contributed by atoms with E-state index in [1.165, 1.54) is 25.0 Å². The first-order chi connectivity index (χ1) is 8.16. The molecule has 1 aliphatic rings. The average molecular weight is 235 g/mol. The molecule has 96 valence electrons. The molecule has 17 heavy (non-hydrogen) atoms. The fraction of sp³-hybridized carbons (Fsp3) is 0.786. The first-order valence-corrected chi connectivity index (χ1v) is 6.89. The summed E-state index contributed by atoms with van der Waals surface area (Å²) in [4.78, 5) is 4.29. The molecule has 1 fully saturated rings. The van der Waals surface area contributed by atoms with Gasteiger partial charge in [0.15, 0.2) is 0 Å². The van der Waals surface area contributed by atoms with E-state index in [2.05, 4.69) is 35.6 Å². The highest BCUT2D eigenvalue weighted by Crippen LogP contribution is 2.32. The summed E-state index contributed by atoms with van der Waals surface area (Å²) in [5, 5.41) is 3.46. The van der Waals surface area contributed by atoms with Gasteiger partial charge in [0.1, 0.15) is 0 Å². The second-order valence-corrected chi connectivity index (χ2v) is 5.74. The fourth-order valence-corrected chi connectivity index (χ4v) is 2.71. The molecule has 2 atom stereocenters. The van der Waals surface area contributed by atoms with Gasteiger partial charge in [-0.05, 0) is 18.3 Å². The summed E-state index contributed by atoms with van der Waals surface area (Å²) < 4.78 is 2.34. The molecule has 0 saturated heterocycles. The Morgan fingerprint density at radius 2 is 2.29 bits per heavy atom. The van der Waals surface area contributed by atoms with Crippen LogP contribution in [0.25, 0.3) is 0 Å². The van der Waals surface area contributed by atoms with Crippen LogP contribution in [0.2, 0.25) is 0 Å². The first kappa shape index (κ1) is 12.6. The maximum Gasteiger partial charge on any atom is 0.0948 e. The molecule has 1 saturated carbocycles. The summed E-state index contributed by atoms with van der Waals surface area (Å²) in [5.41, 5.74) is 1.32. The number of aromatic nitrogens is 2. The third-order valence-corrected chi connectivity index (χ3v) is 3.96. The van der Waals surface area contributed by atoms with Gasteiger partial charge in [-0.3, -0.25) is 0 Å². The van der Waals surface area contributed by atoms with Gasteiger partial charge >= 0.3 is 0 Å². The van der Waals surface area contributed by atoms with Gasteiger partial charge < -0.3 is 9.88 Å². The monoisotopic (exact) mass is 235 g/mol. The van der Waals surface area contributed by atoms with Crippen LogP contribution in [0.1, 0.15) is 45.7 Å². The second kappa shape index (κ2) is 5.67. The highest BCUT2D eigenvalue weighted by molar-refractivity contribution is 4.99. The molecule has 0 spiro atoms. The van der Waals surface area contributed by atoms with E-state index in [0.717, 1.165) is 24.9 Å². The molecule has 0 aromatic carbocycles. The van der Waals surface area contributed by atoms with Crippen LogP contribution in [0, 0.1) is 11.8 Å². The molecule has 2 rings (SSSR count). The predicted molar refractivity (Wildman–Crippen MR) is 70.7 cm³/mol. The van der Waals surface area contributed by atoms with Crippen molar-refractivity contribution in [2.45, 2.75) is 59.2 Å². The molecule has 1 heterocycles. The zero-order chi connectivity index (χ0) is 12.3. The lowest BCUT2D eigenvalue weighted by Gasteiger charge is -2.18. The maximum atomic E-state index is 4.29. The van der Waals surface area contributed by atoms with E-state index >= 15 is 0 Å². The van der Waals surface area contributed by atoms with Crippen molar-refractivity contribution >= 4 is 0 Å². The van der Waals surface area contributed by atoms with Crippen LogP contribution < -0.4 is 5.32 Å². The number of nitrogens with one attached hydrogen (secondary N) is 1. The Hall–Kier alpha value is -0.830. The average Bonchev–Trinajstić information content (AvgIpc) is 2.87. The van der Waals surface area contributed by atoms with E-state index in [1.807, 2.05) is 12.5 Å². The molecule has 3 heteroatoms. The van der Waals surface area contributed by atoms with E-state index in [9.17, 15) is 0 Å². The number of imidazole rings is 1. The molecule has 0 aliphatic heterocycles. The maximum absolute atomic E-state index is 4.29. The van der Waals surface area contributed by atoms with Gasteiger partial charge in [-0.25, -0.2) is 4.98 Å². The molecule has 1 aromatic rings. The number of hydrogen-bond acceptors (Lipinski definition) is 2.